The van der Waals surface area contributed by atoms with E-state index in [0.717, 1.165) is 18.7 Å². The van der Waals surface area contributed by atoms with Gasteiger partial charge in [0.25, 0.3) is 0 Å². The molecular weight excluding hydrogens is 288 g/mol. The minimum Gasteiger partial charge on any atom is -0.362 e. The van der Waals surface area contributed by atoms with Crippen molar-refractivity contribution in [2.75, 3.05) is 11.9 Å². The number of rotatable bonds is 5. The van der Waals surface area contributed by atoms with E-state index < -0.39 is 0 Å². The molecule has 0 amide bonds. The zero-order valence-electron chi connectivity index (χ0n) is 12.0. The van der Waals surface area contributed by atoms with Crippen molar-refractivity contribution in [2.45, 2.75) is 33.1 Å². The summed E-state index contributed by atoms with van der Waals surface area (Å²) >= 11 is 10.2. The fraction of sp³-hybridized carbons (Fsp3) is 0.429. The van der Waals surface area contributed by atoms with Gasteiger partial charge in [-0.05, 0) is 61.9 Å². The molecule has 0 aliphatic carbocycles. The number of unbranched alkanes of at least 4 members (excludes halogenated alkanes) is 1. The molecular formula is C14H22N4S2. The first-order chi connectivity index (χ1) is 9.65. The molecule has 0 aliphatic rings. The van der Waals surface area contributed by atoms with Crippen molar-refractivity contribution in [1.29, 1.82) is 0 Å². The van der Waals surface area contributed by atoms with Crippen LogP contribution in [0.1, 0.15) is 32.3 Å². The summed E-state index contributed by atoms with van der Waals surface area (Å²) in [5.41, 5.74) is 7.95. The van der Waals surface area contributed by atoms with Crippen molar-refractivity contribution >= 4 is 40.3 Å². The summed E-state index contributed by atoms with van der Waals surface area (Å²) in [6, 6.07) is 8.30. The smallest absolute Gasteiger partial charge is 0.189 e. The Bertz CT molecular complexity index is 431. The van der Waals surface area contributed by atoms with Crippen molar-refractivity contribution in [3.63, 3.8) is 0 Å². The van der Waals surface area contributed by atoms with Crippen molar-refractivity contribution < 1.29 is 0 Å². The van der Waals surface area contributed by atoms with Gasteiger partial charge in [-0.15, -0.1) is 0 Å². The van der Waals surface area contributed by atoms with E-state index in [9.17, 15) is 0 Å². The molecule has 0 aliphatic heterocycles. The van der Waals surface area contributed by atoms with Gasteiger partial charge in [-0.2, -0.15) is 0 Å². The van der Waals surface area contributed by atoms with Crippen LogP contribution in [-0.2, 0) is 6.42 Å². The molecule has 0 bridgehead atoms. The average Bonchev–Trinajstić information content (AvgIpc) is 2.45. The molecule has 1 rings (SSSR count). The second kappa shape index (κ2) is 9.50. The highest BCUT2D eigenvalue weighted by Gasteiger charge is 1.99. The van der Waals surface area contributed by atoms with Crippen LogP contribution in [-0.4, -0.2) is 16.8 Å². The Morgan fingerprint density at radius 2 is 1.65 bits per heavy atom. The second-order valence-electron chi connectivity index (χ2n) is 4.36. The summed E-state index contributed by atoms with van der Waals surface area (Å²) in [5.74, 6) is 0. The highest BCUT2D eigenvalue weighted by Crippen LogP contribution is 2.11. The minimum absolute atomic E-state index is 0.478. The Hall–Kier alpha value is -1.40. The van der Waals surface area contributed by atoms with Crippen LogP contribution in [0.5, 0.6) is 0 Å². The lowest BCUT2D eigenvalue weighted by Crippen LogP contribution is -2.48. The van der Waals surface area contributed by atoms with Gasteiger partial charge in [0.15, 0.2) is 10.2 Å². The summed E-state index contributed by atoms with van der Waals surface area (Å²) in [7, 11) is 0. The molecule has 4 N–H and O–H groups in total. The lowest BCUT2D eigenvalue weighted by atomic mass is 10.1. The Labute approximate surface area is 131 Å². The van der Waals surface area contributed by atoms with E-state index in [0.29, 0.717) is 10.2 Å². The topological polar surface area (TPSA) is 48.1 Å². The van der Waals surface area contributed by atoms with Crippen LogP contribution < -0.4 is 21.5 Å². The van der Waals surface area contributed by atoms with Gasteiger partial charge < -0.3 is 10.6 Å². The maximum atomic E-state index is 5.17. The molecule has 0 aromatic heterocycles. The Balaban J connectivity index is 2.36. The third kappa shape index (κ3) is 6.68. The van der Waals surface area contributed by atoms with Crippen LogP contribution in [0.2, 0.25) is 0 Å². The molecule has 0 saturated carbocycles. The maximum absolute atomic E-state index is 5.17. The zero-order valence-corrected chi connectivity index (χ0v) is 13.6. The molecule has 110 valence electrons. The highest BCUT2D eigenvalue weighted by molar-refractivity contribution is 7.80. The number of nitrogens with one attached hydrogen (secondary N) is 4. The van der Waals surface area contributed by atoms with Crippen molar-refractivity contribution in [2.24, 2.45) is 0 Å². The molecule has 0 atom stereocenters. The van der Waals surface area contributed by atoms with Gasteiger partial charge in [-0.25, -0.2) is 0 Å². The van der Waals surface area contributed by atoms with E-state index in [4.69, 9.17) is 24.4 Å². The van der Waals surface area contributed by atoms with Gasteiger partial charge in [-0.1, -0.05) is 25.5 Å². The first-order valence-electron chi connectivity index (χ1n) is 6.85. The number of hydrogen-bond acceptors (Lipinski definition) is 2. The average molecular weight is 310 g/mol. The lowest BCUT2D eigenvalue weighted by Gasteiger charge is -2.13. The van der Waals surface area contributed by atoms with Gasteiger partial charge in [0, 0.05) is 12.2 Å². The zero-order chi connectivity index (χ0) is 14.8. The summed E-state index contributed by atoms with van der Waals surface area (Å²) in [5, 5.41) is 7.05. The van der Waals surface area contributed by atoms with Crippen LogP contribution in [0, 0.1) is 0 Å². The number of hydrazine groups is 1. The van der Waals surface area contributed by atoms with Crippen molar-refractivity contribution in [1.82, 2.24) is 16.2 Å². The number of anilines is 1. The first-order valence-corrected chi connectivity index (χ1v) is 7.67. The van der Waals surface area contributed by atoms with Crippen molar-refractivity contribution in [3.05, 3.63) is 29.8 Å². The highest BCUT2D eigenvalue weighted by atomic mass is 32.1. The fourth-order valence-electron chi connectivity index (χ4n) is 1.62. The third-order valence-electron chi connectivity index (χ3n) is 2.66. The Morgan fingerprint density at radius 1 is 1.00 bits per heavy atom. The number of hydrogen-bond donors (Lipinski definition) is 4. The number of thiocarbonyl (C=S) groups is 2. The molecule has 0 radical (unpaired) electrons. The lowest BCUT2D eigenvalue weighted by molar-refractivity contribution is 0.795. The summed E-state index contributed by atoms with van der Waals surface area (Å²) in [4.78, 5) is 0. The molecule has 0 spiro atoms. The normalized spacial score (nSPS) is 9.70. The van der Waals surface area contributed by atoms with Crippen LogP contribution in [0.4, 0.5) is 5.69 Å². The van der Waals surface area contributed by atoms with E-state index in [-0.39, 0.29) is 0 Å². The molecule has 4 nitrogen and oxygen atoms in total. The van der Waals surface area contributed by atoms with Gasteiger partial charge in [0.1, 0.15) is 0 Å². The van der Waals surface area contributed by atoms with E-state index in [1.807, 2.05) is 19.1 Å². The van der Waals surface area contributed by atoms with Crippen LogP contribution in [0.3, 0.4) is 0 Å². The minimum atomic E-state index is 0.478. The summed E-state index contributed by atoms with van der Waals surface area (Å²) < 4.78 is 0. The number of aryl methyl sites for hydroxylation is 1. The Kier molecular flexibility index (Phi) is 7.91. The van der Waals surface area contributed by atoms with E-state index >= 15 is 0 Å². The monoisotopic (exact) mass is 310 g/mol. The number of benzene rings is 1. The predicted molar refractivity (Wildman–Crippen MR) is 93.8 cm³/mol. The van der Waals surface area contributed by atoms with Crippen molar-refractivity contribution in [3.8, 4) is 0 Å². The quantitative estimate of drug-likeness (QED) is 0.496. The standard InChI is InChI=1S/C14H22N4S2/c1-3-5-6-11-7-9-12(10-8-11)16-14(20)18-17-13(19)15-4-2/h7-10H,3-6H2,1-2H3,(H2,15,17,19)(H2,16,18,20). The van der Waals surface area contributed by atoms with E-state index in [1.165, 1.54) is 18.4 Å². The summed E-state index contributed by atoms with van der Waals surface area (Å²) in [6.45, 7) is 4.95. The Morgan fingerprint density at radius 3 is 2.25 bits per heavy atom. The molecule has 0 fully saturated rings. The van der Waals surface area contributed by atoms with Crippen LogP contribution in [0.15, 0.2) is 24.3 Å². The SMILES string of the molecule is CCCCc1ccc(NC(=S)NNC(=S)NCC)cc1. The van der Waals surface area contributed by atoms with E-state index in [1.54, 1.807) is 0 Å². The molecule has 0 saturated heterocycles. The largest absolute Gasteiger partial charge is 0.362 e. The van der Waals surface area contributed by atoms with Gasteiger partial charge >= 0.3 is 0 Å². The molecule has 1 aromatic rings. The third-order valence-corrected chi connectivity index (χ3v) is 3.11. The van der Waals surface area contributed by atoms with Crippen LogP contribution in [0.25, 0.3) is 0 Å². The predicted octanol–water partition coefficient (Wildman–Crippen LogP) is 2.71. The van der Waals surface area contributed by atoms with Gasteiger partial charge in [0.2, 0.25) is 0 Å². The molecule has 0 unspecified atom stereocenters. The first kappa shape index (κ1) is 16.7. The maximum Gasteiger partial charge on any atom is 0.189 e. The molecule has 0 heterocycles. The molecule has 6 heteroatoms. The van der Waals surface area contributed by atoms with Gasteiger partial charge in [-0.3, -0.25) is 10.9 Å². The molecule has 1 aromatic carbocycles. The van der Waals surface area contributed by atoms with E-state index in [2.05, 4.69) is 40.5 Å². The fourth-order valence-corrected chi connectivity index (χ4v) is 1.98. The summed E-state index contributed by atoms with van der Waals surface area (Å²) in [6.07, 6.45) is 3.56. The second-order valence-corrected chi connectivity index (χ2v) is 5.18. The van der Waals surface area contributed by atoms with Gasteiger partial charge in [0.05, 0.1) is 0 Å². The van der Waals surface area contributed by atoms with Crippen LogP contribution >= 0.6 is 24.4 Å². The molecule has 20 heavy (non-hydrogen) atoms.